The van der Waals surface area contributed by atoms with Gasteiger partial charge >= 0.3 is 13.5 Å². The van der Waals surface area contributed by atoms with Crippen LogP contribution < -0.4 is 10.2 Å². The monoisotopic (exact) mass is 330 g/mol. The van der Waals surface area contributed by atoms with E-state index in [9.17, 15) is 13.2 Å². The third-order valence-electron chi connectivity index (χ3n) is 3.82. The van der Waals surface area contributed by atoms with Crippen LogP contribution in [0, 0.1) is 5.92 Å². The van der Waals surface area contributed by atoms with Gasteiger partial charge < -0.3 is 14.0 Å². The molecule has 0 amide bonds. The molecule has 1 aliphatic rings. The van der Waals surface area contributed by atoms with Crippen molar-refractivity contribution >= 4 is 12.6 Å². The number of alkyl halides is 3. The summed E-state index contributed by atoms with van der Waals surface area (Å²) in [6, 6.07) is 5.61. The van der Waals surface area contributed by atoms with Crippen LogP contribution in [0.5, 0.6) is 5.75 Å². The molecule has 1 saturated heterocycles. The molecule has 0 unspecified atom stereocenters. The van der Waals surface area contributed by atoms with E-state index in [1.165, 1.54) is 49.9 Å². The van der Waals surface area contributed by atoms with E-state index in [2.05, 4.69) is 11.7 Å². The minimum absolute atomic E-state index is 0.245. The van der Waals surface area contributed by atoms with Crippen molar-refractivity contribution in [3.8, 4) is 5.75 Å². The van der Waals surface area contributed by atoms with Crippen LogP contribution >= 0.6 is 0 Å². The Morgan fingerprint density at radius 1 is 1.09 bits per heavy atom. The van der Waals surface area contributed by atoms with Gasteiger partial charge in [-0.15, -0.1) is 13.2 Å². The van der Waals surface area contributed by atoms with E-state index in [-0.39, 0.29) is 5.75 Å². The highest BCUT2D eigenvalue weighted by molar-refractivity contribution is 6.61. The second kappa shape index (κ2) is 8.59. The lowest BCUT2D eigenvalue weighted by Crippen LogP contribution is -2.44. The maximum atomic E-state index is 12.1. The Kier molecular flexibility index (Phi) is 6.78. The summed E-state index contributed by atoms with van der Waals surface area (Å²) in [6.45, 7) is 3.43. The third-order valence-corrected chi connectivity index (χ3v) is 3.82. The quantitative estimate of drug-likeness (QED) is 0.560. The van der Waals surface area contributed by atoms with Gasteiger partial charge in [0.25, 0.3) is 0 Å². The first-order valence-corrected chi connectivity index (χ1v) is 8.07. The van der Waals surface area contributed by atoms with Crippen LogP contribution in [0.4, 0.5) is 13.2 Å². The maximum Gasteiger partial charge on any atom is 0.573 e. The molecule has 0 spiro atoms. The summed E-state index contributed by atoms with van der Waals surface area (Å²) in [5.74, 6) is 0.154. The molecule has 7 heteroatoms. The van der Waals surface area contributed by atoms with Crippen LogP contribution in [0.1, 0.15) is 39.0 Å². The van der Waals surface area contributed by atoms with Gasteiger partial charge in [-0.25, -0.2) is 0 Å². The summed E-state index contributed by atoms with van der Waals surface area (Å²) >= 11 is 0. The molecule has 1 heterocycles. The largest absolute Gasteiger partial charge is 0.573 e. The minimum atomic E-state index is -4.68. The average Bonchev–Trinajstić information content (AvgIpc) is 2.52. The summed E-state index contributed by atoms with van der Waals surface area (Å²) < 4.78 is 51.6. The average molecular weight is 330 g/mol. The van der Waals surface area contributed by atoms with Crippen LogP contribution in [0.25, 0.3) is 0 Å². The number of halogens is 3. The number of rotatable bonds is 7. The molecule has 2 rings (SSSR count). The predicted octanol–water partition coefficient (Wildman–Crippen LogP) is 3.91. The van der Waals surface area contributed by atoms with Gasteiger partial charge in [0, 0.05) is 19.1 Å². The van der Waals surface area contributed by atoms with E-state index in [0.29, 0.717) is 24.6 Å². The standard InChI is InChI=1S/C16H22BF3O3/c1-2-3-4-5-6-13-11-21-17(22-12-13)14-7-9-15(10-8-14)23-16(18,19)20/h7-10,13H,2-6,11-12H2,1H3. The molecule has 0 bridgehead atoms. The Balaban J connectivity index is 1.76. The second-order valence-corrected chi connectivity index (χ2v) is 5.83. The van der Waals surface area contributed by atoms with Crippen LogP contribution in [-0.2, 0) is 9.31 Å². The summed E-state index contributed by atoms with van der Waals surface area (Å²) in [5, 5.41) is 0. The molecule has 0 radical (unpaired) electrons. The molecule has 128 valence electrons. The van der Waals surface area contributed by atoms with Gasteiger partial charge in [-0.1, -0.05) is 44.7 Å². The van der Waals surface area contributed by atoms with Gasteiger partial charge in [-0.2, -0.15) is 0 Å². The van der Waals surface area contributed by atoms with E-state index >= 15 is 0 Å². The Hall–Kier alpha value is -1.21. The Morgan fingerprint density at radius 2 is 1.74 bits per heavy atom. The number of hydrogen-bond acceptors (Lipinski definition) is 3. The molecule has 0 N–H and O–H groups in total. The van der Waals surface area contributed by atoms with Crippen molar-refractivity contribution in [3.63, 3.8) is 0 Å². The second-order valence-electron chi connectivity index (χ2n) is 5.83. The van der Waals surface area contributed by atoms with Crippen molar-refractivity contribution in [2.75, 3.05) is 13.2 Å². The molecule has 1 aromatic rings. The molecule has 3 nitrogen and oxygen atoms in total. The highest BCUT2D eigenvalue weighted by Gasteiger charge is 2.32. The van der Waals surface area contributed by atoms with Crippen molar-refractivity contribution in [2.24, 2.45) is 5.92 Å². The first-order chi connectivity index (χ1) is 11.0. The normalized spacial score (nSPS) is 16.6. The first-order valence-electron chi connectivity index (χ1n) is 8.07. The molecular formula is C16H22BF3O3. The molecule has 23 heavy (non-hydrogen) atoms. The molecule has 0 atom stereocenters. The smallest absolute Gasteiger partial charge is 0.407 e. The number of hydrogen-bond donors (Lipinski definition) is 0. The fourth-order valence-electron chi connectivity index (χ4n) is 2.59. The van der Waals surface area contributed by atoms with Crippen LogP contribution in [0.2, 0.25) is 0 Å². The van der Waals surface area contributed by atoms with E-state index in [1.807, 2.05) is 0 Å². The van der Waals surface area contributed by atoms with Crippen molar-refractivity contribution < 1.29 is 27.2 Å². The van der Waals surface area contributed by atoms with Gasteiger partial charge in [0.05, 0.1) is 0 Å². The molecule has 1 aromatic carbocycles. The topological polar surface area (TPSA) is 27.7 Å². The fraction of sp³-hybridized carbons (Fsp3) is 0.625. The van der Waals surface area contributed by atoms with Crippen molar-refractivity contribution in [1.82, 2.24) is 0 Å². The zero-order valence-corrected chi connectivity index (χ0v) is 13.3. The lowest BCUT2D eigenvalue weighted by Gasteiger charge is -2.27. The Morgan fingerprint density at radius 3 is 2.30 bits per heavy atom. The van der Waals surface area contributed by atoms with Crippen molar-refractivity contribution in [2.45, 2.75) is 45.4 Å². The molecule has 1 fully saturated rings. The van der Waals surface area contributed by atoms with E-state index < -0.39 is 13.5 Å². The summed E-state index contributed by atoms with van der Waals surface area (Å²) in [5.41, 5.74) is 0.698. The lowest BCUT2D eigenvalue weighted by atomic mass is 9.77. The van der Waals surface area contributed by atoms with Gasteiger partial charge in [-0.05, 0) is 24.0 Å². The number of unbranched alkanes of at least 4 members (excludes halogenated alkanes) is 3. The zero-order valence-electron chi connectivity index (χ0n) is 13.3. The predicted molar refractivity (Wildman–Crippen MR) is 82.7 cm³/mol. The fourth-order valence-corrected chi connectivity index (χ4v) is 2.59. The van der Waals surface area contributed by atoms with E-state index in [4.69, 9.17) is 9.31 Å². The SMILES string of the molecule is CCCCCCC1COB(c2ccc(OC(F)(F)F)cc2)OC1. The van der Waals surface area contributed by atoms with E-state index in [0.717, 1.165) is 6.42 Å². The van der Waals surface area contributed by atoms with Gasteiger partial charge in [0.15, 0.2) is 0 Å². The zero-order chi connectivity index (χ0) is 16.7. The lowest BCUT2D eigenvalue weighted by molar-refractivity contribution is -0.274. The highest BCUT2D eigenvalue weighted by atomic mass is 19.4. The van der Waals surface area contributed by atoms with Crippen molar-refractivity contribution in [1.29, 1.82) is 0 Å². The van der Waals surface area contributed by atoms with Crippen LogP contribution in [0.15, 0.2) is 24.3 Å². The van der Waals surface area contributed by atoms with Gasteiger partial charge in [-0.3, -0.25) is 0 Å². The molecule has 0 aliphatic carbocycles. The van der Waals surface area contributed by atoms with Crippen LogP contribution in [-0.4, -0.2) is 26.7 Å². The molecule has 0 saturated carbocycles. The Bertz CT molecular complexity index is 457. The summed E-state index contributed by atoms with van der Waals surface area (Å²) in [6.07, 6.45) is 1.29. The Labute approximate surface area is 135 Å². The van der Waals surface area contributed by atoms with E-state index in [1.54, 1.807) is 0 Å². The van der Waals surface area contributed by atoms with Gasteiger partial charge in [0.2, 0.25) is 0 Å². The maximum absolute atomic E-state index is 12.1. The van der Waals surface area contributed by atoms with Crippen LogP contribution in [0.3, 0.4) is 0 Å². The van der Waals surface area contributed by atoms with Gasteiger partial charge in [0.1, 0.15) is 5.75 Å². The summed E-state index contributed by atoms with van der Waals surface area (Å²) in [7, 11) is -0.512. The third kappa shape index (κ3) is 6.43. The summed E-state index contributed by atoms with van der Waals surface area (Å²) in [4.78, 5) is 0. The molecule has 1 aliphatic heterocycles. The molecular weight excluding hydrogens is 308 g/mol. The number of ether oxygens (including phenoxy) is 1. The highest BCUT2D eigenvalue weighted by Crippen LogP contribution is 2.22. The molecule has 0 aromatic heterocycles. The number of benzene rings is 1. The minimum Gasteiger partial charge on any atom is -0.407 e. The van der Waals surface area contributed by atoms with Crippen molar-refractivity contribution in [3.05, 3.63) is 24.3 Å². The first kappa shape index (κ1) is 18.1.